The first-order chi connectivity index (χ1) is 8.60. The van der Waals surface area contributed by atoms with Gasteiger partial charge in [-0.1, -0.05) is 13.0 Å². The van der Waals surface area contributed by atoms with Crippen molar-refractivity contribution in [2.45, 2.75) is 19.9 Å². The third-order valence-electron chi connectivity index (χ3n) is 2.85. The van der Waals surface area contributed by atoms with E-state index in [-0.39, 0.29) is 11.9 Å². The molecule has 0 aromatic heterocycles. The lowest BCUT2D eigenvalue weighted by atomic mass is 10.1. The first-order valence-corrected chi connectivity index (χ1v) is 6.39. The predicted octanol–water partition coefficient (Wildman–Crippen LogP) is 2.44. The van der Waals surface area contributed by atoms with Gasteiger partial charge in [0.1, 0.15) is 0 Å². The Balaban J connectivity index is 2.88. The molecule has 102 valence electrons. The monoisotopic (exact) mass is 254 g/mol. The number of likely N-dealkylation sites (N-methyl/N-ethyl adjacent to an activating group) is 2. The number of benzene rings is 1. The molecule has 0 aliphatic heterocycles. The highest BCUT2D eigenvalue weighted by Gasteiger charge is 2.15. The molecule has 0 amide bonds. The van der Waals surface area contributed by atoms with Crippen molar-refractivity contribution >= 4 is 0 Å². The maximum Gasteiger partial charge on any atom is 0.165 e. The summed E-state index contributed by atoms with van der Waals surface area (Å²) >= 11 is 0. The van der Waals surface area contributed by atoms with Gasteiger partial charge in [-0.3, -0.25) is 0 Å². The average Bonchev–Trinajstić information content (AvgIpc) is 2.32. The second-order valence-electron chi connectivity index (χ2n) is 4.41. The van der Waals surface area contributed by atoms with Gasteiger partial charge >= 0.3 is 0 Å². The zero-order chi connectivity index (χ0) is 13.5. The molecule has 0 saturated carbocycles. The highest BCUT2D eigenvalue weighted by molar-refractivity contribution is 5.31. The molecule has 0 spiro atoms. The van der Waals surface area contributed by atoms with E-state index in [1.807, 2.05) is 27.1 Å². The summed E-state index contributed by atoms with van der Waals surface area (Å²) in [4.78, 5) is 2.08. The lowest BCUT2D eigenvalue weighted by Crippen LogP contribution is -2.31. The third-order valence-corrected chi connectivity index (χ3v) is 2.85. The zero-order valence-corrected chi connectivity index (χ0v) is 11.7. The summed E-state index contributed by atoms with van der Waals surface area (Å²) in [5, 5.41) is 3.29. The van der Waals surface area contributed by atoms with Gasteiger partial charge in [0.15, 0.2) is 11.6 Å². The first-order valence-electron chi connectivity index (χ1n) is 6.39. The van der Waals surface area contributed by atoms with Crippen molar-refractivity contribution in [3.05, 3.63) is 29.6 Å². The van der Waals surface area contributed by atoms with Gasteiger partial charge in [0.2, 0.25) is 0 Å². The summed E-state index contributed by atoms with van der Waals surface area (Å²) in [6, 6.07) is 5.36. The summed E-state index contributed by atoms with van der Waals surface area (Å²) in [5.41, 5.74) is 0.960. The predicted molar refractivity (Wildman–Crippen MR) is 72.5 cm³/mol. The Morgan fingerprint density at radius 2 is 2.06 bits per heavy atom. The van der Waals surface area contributed by atoms with Gasteiger partial charge in [0.25, 0.3) is 0 Å². The molecule has 4 heteroatoms. The summed E-state index contributed by atoms with van der Waals surface area (Å²) in [6.07, 6.45) is 0. The Morgan fingerprint density at radius 3 is 2.56 bits per heavy atom. The van der Waals surface area contributed by atoms with Crippen LogP contribution < -0.4 is 10.1 Å². The van der Waals surface area contributed by atoms with E-state index in [1.165, 1.54) is 0 Å². The van der Waals surface area contributed by atoms with Crippen LogP contribution in [0.3, 0.4) is 0 Å². The molecule has 0 bridgehead atoms. The van der Waals surface area contributed by atoms with Crippen LogP contribution in [0.25, 0.3) is 0 Å². The Morgan fingerprint density at radius 1 is 1.33 bits per heavy atom. The number of ether oxygens (including phenoxy) is 1. The molecule has 1 rings (SSSR count). The minimum absolute atomic E-state index is 0.162. The SMILES string of the molecule is CCNCC(c1ccc(OCC)c(F)c1)N(C)C. The molecule has 0 fully saturated rings. The standard InChI is InChI=1S/C14H23FN2O/c1-5-16-10-13(17(3)4)11-7-8-14(18-6-2)12(15)9-11/h7-9,13,16H,5-6,10H2,1-4H3. The summed E-state index contributed by atoms with van der Waals surface area (Å²) in [7, 11) is 3.99. The fourth-order valence-corrected chi connectivity index (χ4v) is 1.88. The van der Waals surface area contributed by atoms with Crippen LogP contribution in [0.4, 0.5) is 4.39 Å². The Labute approximate surface area is 109 Å². The van der Waals surface area contributed by atoms with Crippen molar-refractivity contribution in [3.8, 4) is 5.75 Å². The number of nitrogens with one attached hydrogen (secondary N) is 1. The summed E-state index contributed by atoms with van der Waals surface area (Å²) in [6.45, 7) is 6.10. The van der Waals surface area contributed by atoms with E-state index in [9.17, 15) is 4.39 Å². The molecule has 0 aliphatic rings. The van der Waals surface area contributed by atoms with Gasteiger partial charge in [0.05, 0.1) is 6.61 Å². The van der Waals surface area contributed by atoms with Crippen LogP contribution in [0.1, 0.15) is 25.5 Å². The van der Waals surface area contributed by atoms with Gasteiger partial charge in [-0.15, -0.1) is 0 Å². The summed E-state index contributed by atoms with van der Waals surface area (Å²) in [5.74, 6) is 0.0277. The number of nitrogens with zero attached hydrogens (tertiary/aromatic N) is 1. The second kappa shape index (κ2) is 7.34. The van der Waals surface area contributed by atoms with Crippen LogP contribution in [-0.2, 0) is 0 Å². The minimum Gasteiger partial charge on any atom is -0.491 e. The number of hydrogen-bond acceptors (Lipinski definition) is 3. The average molecular weight is 254 g/mol. The van der Waals surface area contributed by atoms with Crippen molar-refractivity contribution in [2.24, 2.45) is 0 Å². The molecule has 1 unspecified atom stereocenters. The molecule has 0 aliphatic carbocycles. The molecule has 1 aromatic rings. The van der Waals surface area contributed by atoms with E-state index in [2.05, 4.69) is 17.1 Å². The fraction of sp³-hybridized carbons (Fsp3) is 0.571. The number of rotatable bonds is 7. The molecular formula is C14H23FN2O. The highest BCUT2D eigenvalue weighted by Crippen LogP contribution is 2.24. The van der Waals surface area contributed by atoms with E-state index in [4.69, 9.17) is 4.74 Å². The molecule has 1 aromatic carbocycles. The lowest BCUT2D eigenvalue weighted by molar-refractivity contribution is 0.287. The van der Waals surface area contributed by atoms with Crippen LogP contribution in [0, 0.1) is 5.82 Å². The van der Waals surface area contributed by atoms with Gasteiger partial charge in [-0.05, 0) is 45.3 Å². The van der Waals surface area contributed by atoms with Crippen molar-refractivity contribution in [2.75, 3.05) is 33.8 Å². The van der Waals surface area contributed by atoms with E-state index in [1.54, 1.807) is 12.1 Å². The van der Waals surface area contributed by atoms with E-state index in [0.29, 0.717) is 12.4 Å². The number of hydrogen-bond donors (Lipinski definition) is 1. The maximum absolute atomic E-state index is 13.8. The third kappa shape index (κ3) is 3.96. The van der Waals surface area contributed by atoms with Crippen molar-refractivity contribution in [1.82, 2.24) is 10.2 Å². The van der Waals surface area contributed by atoms with E-state index in [0.717, 1.165) is 18.7 Å². The normalized spacial score (nSPS) is 12.8. The molecule has 3 nitrogen and oxygen atoms in total. The van der Waals surface area contributed by atoms with Crippen LogP contribution >= 0.6 is 0 Å². The van der Waals surface area contributed by atoms with Crippen molar-refractivity contribution < 1.29 is 9.13 Å². The lowest BCUT2D eigenvalue weighted by Gasteiger charge is -2.25. The van der Waals surface area contributed by atoms with Gasteiger partial charge in [0, 0.05) is 12.6 Å². The molecule has 0 saturated heterocycles. The van der Waals surface area contributed by atoms with Gasteiger partial charge in [-0.2, -0.15) is 0 Å². The first kappa shape index (κ1) is 14.9. The van der Waals surface area contributed by atoms with Crippen LogP contribution in [-0.4, -0.2) is 38.7 Å². The maximum atomic E-state index is 13.8. The van der Waals surface area contributed by atoms with Crippen LogP contribution in [0.15, 0.2) is 18.2 Å². The van der Waals surface area contributed by atoms with Gasteiger partial charge < -0.3 is 15.0 Å². The quantitative estimate of drug-likeness (QED) is 0.809. The molecule has 0 heterocycles. The summed E-state index contributed by atoms with van der Waals surface area (Å²) < 4.78 is 19.0. The second-order valence-corrected chi connectivity index (χ2v) is 4.41. The van der Waals surface area contributed by atoms with Gasteiger partial charge in [-0.25, -0.2) is 4.39 Å². The number of halogens is 1. The molecule has 1 N–H and O–H groups in total. The molecule has 0 radical (unpaired) electrons. The Kier molecular flexibility index (Phi) is 6.09. The van der Waals surface area contributed by atoms with E-state index >= 15 is 0 Å². The Hall–Kier alpha value is -1.13. The smallest absolute Gasteiger partial charge is 0.165 e. The molecule has 18 heavy (non-hydrogen) atoms. The van der Waals surface area contributed by atoms with Crippen LogP contribution in [0.5, 0.6) is 5.75 Å². The topological polar surface area (TPSA) is 24.5 Å². The fourth-order valence-electron chi connectivity index (χ4n) is 1.88. The van der Waals surface area contributed by atoms with Crippen LogP contribution in [0.2, 0.25) is 0 Å². The minimum atomic E-state index is -0.294. The van der Waals surface area contributed by atoms with Crippen molar-refractivity contribution in [3.63, 3.8) is 0 Å². The van der Waals surface area contributed by atoms with Crippen molar-refractivity contribution in [1.29, 1.82) is 0 Å². The molecular weight excluding hydrogens is 231 g/mol. The zero-order valence-electron chi connectivity index (χ0n) is 11.7. The largest absolute Gasteiger partial charge is 0.491 e. The molecule has 1 atom stereocenters. The van der Waals surface area contributed by atoms with E-state index < -0.39 is 0 Å². The highest BCUT2D eigenvalue weighted by atomic mass is 19.1. The Bertz CT molecular complexity index is 369.